The Morgan fingerprint density at radius 3 is 2.02 bits per heavy atom. The molecule has 1 aliphatic rings. The van der Waals surface area contributed by atoms with Gasteiger partial charge in [-0.25, -0.2) is 0 Å². The van der Waals surface area contributed by atoms with Crippen LogP contribution in [0.4, 0.5) is 0 Å². The second-order valence-corrected chi connectivity index (χ2v) is 12.4. The zero-order valence-electron chi connectivity index (χ0n) is 27.1. The van der Waals surface area contributed by atoms with Gasteiger partial charge in [0.05, 0.1) is 51.5 Å². The number of hydrogen-bond acceptors (Lipinski definition) is 9. The molecule has 42 heavy (non-hydrogen) atoms. The van der Waals surface area contributed by atoms with Crippen molar-refractivity contribution >= 4 is 29.0 Å². The van der Waals surface area contributed by atoms with Crippen LogP contribution in [0.2, 0.25) is 0 Å². The first kappa shape index (κ1) is 38.0. The van der Waals surface area contributed by atoms with E-state index in [1.165, 1.54) is 0 Å². The van der Waals surface area contributed by atoms with Gasteiger partial charge in [-0.15, -0.1) is 0 Å². The van der Waals surface area contributed by atoms with Crippen LogP contribution in [0.5, 0.6) is 0 Å². The molecule has 0 heterocycles. The van der Waals surface area contributed by atoms with Crippen LogP contribution in [0.3, 0.4) is 0 Å². The normalized spacial score (nSPS) is 18.7. The summed E-state index contributed by atoms with van der Waals surface area (Å²) >= 11 is 0. The molecule has 242 valence electrons. The number of rotatable bonds is 24. The molecule has 1 amide bonds. The lowest BCUT2D eigenvalue weighted by Crippen LogP contribution is -2.43. The van der Waals surface area contributed by atoms with Crippen LogP contribution in [0.1, 0.15) is 80.1 Å². The van der Waals surface area contributed by atoms with Gasteiger partial charge in [0.2, 0.25) is 5.91 Å². The summed E-state index contributed by atoms with van der Waals surface area (Å²) < 4.78 is 16.3. The molecule has 4 atom stereocenters. The Balaban J connectivity index is 2.05. The lowest BCUT2D eigenvalue weighted by molar-refractivity contribution is -0.129. The van der Waals surface area contributed by atoms with Gasteiger partial charge in [0.1, 0.15) is 17.3 Å². The van der Waals surface area contributed by atoms with E-state index in [1.807, 2.05) is 7.05 Å². The van der Waals surface area contributed by atoms with Gasteiger partial charge in [-0.2, -0.15) is 0 Å². The lowest BCUT2D eigenvalue weighted by Gasteiger charge is -2.31. The third kappa shape index (κ3) is 14.9. The van der Waals surface area contributed by atoms with E-state index in [0.717, 1.165) is 0 Å². The molecule has 0 bridgehead atoms. The van der Waals surface area contributed by atoms with E-state index in [-0.39, 0.29) is 66.5 Å². The Morgan fingerprint density at radius 2 is 1.48 bits per heavy atom. The minimum Gasteiger partial charge on any atom is -0.379 e. The molecule has 1 fully saturated rings. The molecule has 1 rings (SSSR count). The van der Waals surface area contributed by atoms with Gasteiger partial charge in [-0.05, 0) is 44.2 Å². The maximum Gasteiger partial charge on any atom is 0.222 e. The van der Waals surface area contributed by atoms with Crippen molar-refractivity contribution in [3.63, 3.8) is 0 Å². The third-order valence-corrected chi connectivity index (χ3v) is 8.04. The van der Waals surface area contributed by atoms with Crippen molar-refractivity contribution in [3.8, 4) is 0 Å². The molecule has 0 aromatic carbocycles. The molecule has 1 N–H and O–H groups in total. The SMILES string of the molecule is CC1CC(=O)C(CCOCCOCCOCCC(=O)NCC(=O)CCCN(C)[C@H](C(=O)C[C@H](C)C(C)C)C(C)C)C1=O. The largest absolute Gasteiger partial charge is 0.379 e. The molecule has 0 aliphatic heterocycles. The number of nitrogens with zero attached hydrogens (tertiary/aromatic N) is 1. The number of ether oxygens (including phenoxy) is 3. The summed E-state index contributed by atoms with van der Waals surface area (Å²) in [6.07, 6.45) is 2.47. The molecular weight excluding hydrogens is 540 g/mol. The Bertz CT molecular complexity index is 859. The predicted molar refractivity (Wildman–Crippen MR) is 161 cm³/mol. The molecule has 0 saturated heterocycles. The van der Waals surface area contributed by atoms with Crippen molar-refractivity contribution < 1.29 is 38.2 Å². The molecule has 1 saturated carbocycles. The van der Waals surface area contributed by atoms with Crippen LogP contribution in [0.25, 0.3) is 0 Å². The van der Waals surface area contributed by atoms with Crippen molar-refractivity contribution in [1.29, 1.82) is 0 Å². The Labute approximate surface area is 253 Å². The van der Waals surface area contributed by atoms with Crippen molar-refractivity contribution in [2.75, 3.05) is 59.8 Å². The van der Waals surface area contributed by atoms with E-state index in [1.54, 1.807) is 6.92 Å². The monoisotopic (exact) mass is 596 g/mol. The lowest BCUT2D eigenvalue weighted by atomic mass is 9.87. The average Bonchev–Trinajstić information content (AvgIpc) is 3.15. The molecule has 10 nitrogen and oxygen atoms in total. The molecule has 10 heteroatoms. The van der Waals surface area contributed by atoms with Crippen LogP contribution in [0, 0.1) is 29.6 Å². The predicted octanol–water partition coefficient (Wildman–Crippen LogP) is 3.28. The highest BCUT2D eigenvalue weighted by Crippen LogP contribution is 2.26. The smallest absolute Gasteiger partial charge is 0.222 e. The number of nitrogens with one attached hydrogen (secondary N) is 1. The van der Waals surface area contributed by atoms with E-state index in [2.05, 4.69) is 44.8 Å². The number of carbonyl (C=O) groups is 5. The Kier molecular flexibility index (Phi) is 18.8. The van der Waals surface area contributed by atoms with Crippen LogP contribution >= 0.6 is 0 Å². The fourth-order valence-electron chi connectivity index (χ4n) is 5.10. The van der Waals surface area contributed by atoms with Gasteiger partial charge in [-0.3, -0.25) is 28.9 Å². The second-order valence-electron chi connectivity index (χ2n) is 12.4. The molecule has 0 radical (unpaired) electrons. The summed E-state index contributed by atoms with van der Waals surface area (Å²) in [4.78, 5) is 62.9. The van der Waals surface area contributed by atoms with Crippen molar-refractivity contribution in [3.05, 3.63) is 0 Å². The summed E-state index contributed by atoms with van der Waals surface area (Å²) in [6, 6.07) is -0.156. The standard InChI is InChI=1S/C32H56N2O8/c1-22(2)24(5)19-29(37)31(23(3)4)34(7)12-8-9-26(35)21-33-30(38)11-14-41-16-18-42-17-15-40-13-10-27-28(36)20-25(6)32(27)39/h22-25,27,31H,8-21H2,1-7H3,(H,33,38)/t24-,25?,27?,31-/m0/s1. The van der Waals surface area contributed by atoms with Gasteiger partial charge in [0.15, 0.2) is 5.78 Å². The first-order chi connectivity index (χ1) is 19.8. The summed E-state index contributed by atoms with van der Waals surface area (Å²) in [6.45, 7) is 14.9. The number of amides is 1. The van der Waals surface area contributed by atoms with Gasteiger partial charge in [0.25, 0.3) is 0 Å². The second kappa shape index (κ2) is 20.8. The third-order valence-electron chi connectivity index (χ3n) is 8.04. The van der Waals surface area contributed by atoms with Gasteiger partial charge < -0.3 is 19.5 Å². The first-order valence-corrected chi connectivity index (χ1v) is 15.7. The summed E-state index contributed by atoms with van der Waals surface area (Å²) in [5.74, 6) is 0.327. The van der Waals surface area contributed by atoms with E-state index in [4.69, 9.17) is 14.2 Å². The Morgan fingerprint density at radius 1 is 0.881 bits per heavy atom. The highest BCUT2D eigenvalue weighted by Gasteiger charge is 2.37. The van der Waals surface area contributed by atoms with Crippen LogP contribution in [0.15, 0.2) is 0 Å². The van der Waals surface area contributed by atoms with Gasteiger partial charge in [-0.1, -0.05) is 41.5 Å². The summed E-state index contributed by atoms with van der Waals surface area (Å²) in [5, 5.41) is 2.64. The minimum atomic E-state index is -0.513. The molecule has 1 aliphatic carbocycles. The highest BCUT2D eigenvalue weighted by molar-refractivity contribution is 6.09. The number of Topliss-reactive ketones (excluding diaryl/α,β-unsaturated/α-hetero) is 4. The molecule has 0 aromatic rings. The zero-order valence-corrected chi connectivity index (χ0v) is 27.1. The molecular formula is C32H56N2O8. The number of hydrogen-bond donors (Lipinski definition) is 1. The van der Waals surface area contributed by atoms with E-state index in [9.17, 15) is 24.0 Å². The van der Waals surface area contributed by atoms with Crippen LogP contribution < -0.4 is 5.32 Å². The number of carbonyl (C=O) groups excluding carboxylic acids is 5. The summed E-state index contributed by atoms with van der Waals surface area (Å²) in [7, 11) is 1.94. The quantitative estimate of drug-likeness (QED) is 0.132. The zero-order chi connectivity index (χ0) is 31.7. The van der Waals surface area contributed by atoms with Gasteiger partial charge in [0, 0.05) is 38.2 Å². The van der Waals surface area contributed by atoms with Crippen LogP contribution in [-0.2, 0) is 38.2 Å². The highest BCUT2D eigenvalue weighted by atomic mass is 16.5. The first-order valence-electron chi connectivity index (χ1n) is 15.7. The maximum absolute atomic E-state index is 12.9. The van der Waals surface area contributed by atoms with Crippen molar-refractivity contribution in [1.82, 2.24) is 10.2 Å². The van der Waals surface area contributed by atoms with E-state index in [0.29, 0.717) is 83.5 Å². The minimum absolute atomic E-state index is 0.00774. The maximum atomic E-state index is 12.9. The number of ketones is 4. The van der Waals surface area contributed by atoms with E-state index < -0.39 is 5.92 Å². The van der Waals surface area contributed by atoms with Crippen molar-refractivity contribution in [2.24, 2.45) is 29.6 Å². The average molecular weight is 597 g/mol. The number of likely N-dealkylation sites (N-methyl/N-ethyl adjacent to an activating group) is 1. The molecule has 2 unspecified atom stereocenters. The van der Waals surface area contributed by atoms with Crippen LogP contribution in [-0.4, -0.2) is 99.8 Å². The fourth-order valence-corrected chi connectivity index (χ4v) is 5.10. The summed E-state index contributed by atoms with van der Waals surface area (Å²) in [5.41, 5.74) is 0. The molecule has 0 aromatic heterocycles. The topological polar surface area (TPSA) is 128 Å². The Hall–Kier alpha value is -2.01. The van der Waals surface area contributed by atoms with Crippen molar-refractivity contribution in [2.45, 2.75) is 86.1 Å². The molecule has 0 spiro atoms. The fraction of sp³-hybridized carbons (Fsp3) is 0.844. The van der Waals surface area contributed by atoms with E-state index >= 15 is 0 Å². The van der Waals surface area contributed by atoms with Gasteiger partial charge >= 0.3 is 0 Å².